The molecule has 0 spiro atoms. The topological polar surface area (TPSA) is 69.0 Å². The van der Waals surface area contributed by atoms with Crippen LogP contribution in [0.1, 0.15) is 40.0 Å². The lowest BCUT2D eigenvalue weighted by Gasteiger charge is -2.34. The minimum absolute atomic E-state index is 0.0765. The average Bonchev–Trinajstić information content (AvgIpc) is 3.13. The minimum atomic E-state index is 0.0765. The van der Waals surface area contributed by atoms with Gasteiger partial charge in [0.15, 0.2) is 11.0 Å². The molecule has 3 rings (SSSR count). The normalized spacial score (nSPS) is 22.1. The van der Waals surface area contributed by atoms with Gasteiger partial charge in [-0.3, -0.25) is 4.79 Å². The summed E-state index contributed by atoms with van der Waals surface area (Å²) in [5, 5.41) is 12.7. The molecule has 3 atom stereocenters. The van der Waals surface area contributed by atoms with Gasteiger partial charge in [0.25, 0.3) is 0 Å². The van der Waals surface area contributed by atoms with Gasteiger partial charge in [-0.2, -0.15) is 0 Å². The summed E-state index contributed by atoms with van der Waals surface area (Å²) < 4.78 is 7.26. The largest absolute Gasteiger partial charge is 0.497 e. The molecule has 1 N–H and O–H groups in total. The van der Waals surface area contributed by atoms with Crippen LogP contribution in [0.15, 0.2) is 29.4 Å². The monoisotopic (exact) mass is 402 g/mol. The van der Waals surface area contributed by atoms with Crippen molar-refractivity contribution in [1.82, 2.24) is 20.1 Å². The summed E-state index contributed by atoms with van der Waals surface area (Å²) >= 11 is 1.45. The van der Waals surface area contributed by atoms with Gasteiger partial charge in [0.05, 0.1) is 12.9 Å². The van der Waals surface area contributed by atoms with Crippen LogP contribution in [0.3, 0.4) is 0 Å². The number of hydrogen-bond donors (Lipinski definition) is 1. The summed E-state index contributed by atoms with van der Waals surface area (Å²) in [6.45, 7) is 7.33. The molecule has 28 heavy (non-hydrogen) atoms. The molecule has 2 aromatic rings. The van der Waals surface area contributed by atoms with Crippen LogP contribution < -0.4 is 10.1 Å². The minimum Gasteiger partial charge on any atom is -0.497 e. The predicted molar refractivity (Wildman–Crippen MR) is 113 cm³/mol. The van der Waals surface area contributed by atoms with Gasteiger partial charge < -0.3 is 14.6 Å². The molecule has 0 saturated heterocycles. The van der Waals surface area contributed by atoms with Gasteiger partial charge in [-0.1, -0.05) is 38.5 Å². The molecule has 1 aromatic carbocycles. The zero-order valence-corrected chi connectivity index (χ0v) is 18.0. The zero-order valence-electron chi connectivity index (χ0n) is 17.1. The van der Waals surface area contributed by atoms with E-state index in [0.717, 1.165) is 35.3 Å². The van der Waals surface area contributed by atoms with Crippen LogP contribution >= 0.6 is 11.8 Å². The Hall–Kier alpha value is -2.02. The third-order valence-corrected chi connectivity index (χ3v) is 6.73. The first-order valence-electron chi connectivity index (χ1n) is 10.0. The van der Waals surface area contributed by atoms with Gasteiger partial charge in [0, 0.05) is 18.2 Å². The Bertz CT molecular complexity index is 790. The van der Waals surface area contributed by atoms with Crippen molar-refractivity contribution < 1.29 is 9.53 Å². The molecule has 152 valence electrons. The molecule has 7 heteroatoms. The van der Waals surface area contributed by atoms with Gasteiger partial charge in [-0.05, 0) is 49.4 Å². The Morgan fingerprint density at radius 3 is 2.68 bits per heavy atom. The van der Waals surface area contributed by atoms with Crippen molar-refractivity contribution in [3.8, 4) is 17.1 Å². The number of hydrogen-bond acceptors (Lipinski definition) is 5. The number of ether oxygens (including phenoxy) is 1. The number of carbonyl (C=O) groups excluding carboxylic acids is 1. The number of carbonyl (C=O) groups is 1. The molecule has 1 amide bonds. The lowest BCUT2D eigenvalue weighted by atomic mass is 9.78. The summed E-state index contributed by atoms with van der Waals surface area (Å²) in [5.41, 5.74) is 0.983. The maximum atomic E-state index is 12.5. The van der Waals surface area contributed by atoms with Gasteiger partial charge >= 0.3 is 0 Å². The smallest absolute Gasteiger partial charge is 0.230 e. The average molecular weight is 403 g/mol. The van der Waals surface area contributed by atoms with Crippen molar-refractivity contribution in [2.45, 2.75) is 57.8 Å². The molecule has 1 aromatic heterocycles. The fourth-order valence-corrected chi connectivity index (χ4v) is 4.61. The number of methoxy groups -OCH3 is 1. The first kappa shape index (κ1) is 20.7. The number of amides is 1. The van der Waals surface area contributed by atoms with Crippen LogP contribution in [0.25, 0.3) is 11.4 Å². The quantitative estimate of drug-likeness (QED) is 0.709. The van der Waals surface area contributed by atoms with Gasteiger partial charge in [0.2, 0.25) is 5.91 Å². The Kier molecular flexibility index (Phi) is 6.99. The summed E-state index contributed by atoms with van der Waals surface area (Å²) in [7, 11) is 1.65. The fraction of sp³-hybridized carbons (Fsp3) is 0.571. The zero-order chi connectivity index (χ0) is 20.1. The first-order chi connectivity index (χ1) is 13.5. The van der Waals surface area contributed by atoms with E-state index in [1.54, 1.807) is 7.11 Å². The molecule has 1 heterocycles. The van der Waals surface area contributed by atoms with Gasteiger partial charge in [0.1, 0.15) is 5.75 Å². The summed E-state index contributed by atoms with van der Waals surface area (Å²) in [5.74, 6) is 3.25. The van der Waals surface area contributed by atoms with Crippen molar-refractivity contribution >= 4 is 17.7 Å². The SMILES string of the molecule is CCn1c(SCC(=O)NC2CCCC(C)C2C)nnc1-c1ccc(OC)cc1. The van der Waals surface area contributed by atoms with E-state index in [-0.39, 0.29) is 11.9 Å². The molecule has 0 aliphatic heterocycles. The third kappa shape index (κ3) is 4.69. The molecule has 0 bridgehead atoms. The van der Waals surface area contributed by atoms with Crippen molar-refractivity contribution in [2.24, 2.45) is 11.8 Å². The lowest BCUT2D eigenvalue weighted by molar-refractivity contribution is -0.120. The molecule has 0 radical (unpaired) electrons. The first-order valence-corrected chi connectivity index (χ1v) is 11.0. The van der Waals surface area contributed by atoms with E-state index in [9.17, 15) is 4.79 Å². The third-order valence-electron chi connectivity index (χ3n) is 5.77. The Morgan fingerprint density at radius 1 is 1.25 bits per heavy atom. The summed E-state index contributed by atoms with van der Waals surface area (Å²) in [4.78, 5) is 12.5. The number of nitrogens with zero attached hydrogens (tertiary/aromatic N) is 3. The molecule has 1 saturated carbocycles. The molecular formula is C21H30N4O2S. The summed E-state index contributed by atoms with van der Waals surface area (Å²) in [6.07, 6.45) is 3.53. The molecule has 1 aliphatic rings. The van der Waals surface area contributed by atoms with Gasteiger partial charge in [-0.25, -0.2) is 0 Å². The lowest BCUT2D eigenvalue weighted by Crippen LogP contribution is -2.44. The number of benzene rings is 1. The number of thioether (sulfide) groups is 1. The molecule has 6 nitrogen and oxygen atoms in total. The van der Waals surface area contributed by atoms with E-state index >= 15 is 0 Å². The fourth-order valence-electron chi connectivity index (χ4n) is 3.80. The Morgan fingerprint density at radius 2 is 2.00 bits per heavy atom. The van der Waals surface area contributed by atoms with E-state index < -0.39 is 0 Å². The predicted octanol–water partition coefficient (Wildman–Crippen LogP) is 4.01. The van der Waals surface area contributed by atoms with Gasteiger partial charge in [-0.15, -0.1) is 10.2 Å². The van der Waals surface area contributed by atoms with Crippen molar-refractivity contribution in [3.63, 3.8) is 0 Å². The highest BCUT2D eigenvalue weighted by Gasteiger charge is 2.28. The van der Waals surface area contributed by atoms with E-state index in [1.165, 1.54) is 24.6 Å². The van der Waals surface area contributed by atoms with Crippen LogP contribution in [-0.4, -0.2) is 39.6 Å². The van der Waals surface area contributed by atoms with E-state index in [0.29, 0.717) is 17.6 Å². The Balaban J connectivity index is 1.62. The number of nitrogens with one attached hydrogen (secondary N) is 1. The van der Waals surface area contributed by atoms with Crippen LogP contribution in [-0.2, 0) is 11.3 Å². The second-order valence-corrected chi connectivity index (χ2v) is 8.45. The van der Waals surface area contributed by atoms with E-state index in [1.807, 2.05) is 28.8 Å². The number of rotatable bonds is 7. The second-order valence-electron chi connectivity index (χ2n) is 7.51. The highest BCUT2D eigenvalue weighted by atomic mass is 32.2. The van der Waals surface area contributed by atoms with Crippen molar-refractivity contribution in [1.29, 1.82) is 0 Å². The van der Waals surface area contributed by atoms with Crippen LogP contribution in [0.2, 0.25) is 0 Å². The Labute approximate surface area is 171 Å². The van der Waals surface area contributed by atoms with Crippen LogP contribution in [0.4, 0.5) is 0 Å². The van der Waals surface area contributed by atoms with E-state index in [2.05, 4.69) is 36.3 Å². The molecule has 1 aliphatic carbocycles. The number of aromatic nitrogens is 3. The molecule has 3 unspecified atom stereocenters. The van der Waals surface area contributed by atoms with E-state index in [4.69, 9.17) is 4.74 Å². The second kappa shape index (κ2) is 9.45. The molecular weight excluding hydrogens is 372 g/mol. The van der Waals surface area contributed by atoms with Crippen molar-refractivity contribution in [3.05, 3.63) is 24.3 Å². The standard InChI is InChI=1S/C21H30N4O2S/c1-5-25-20(16-9-11-17(27-4)12-10-16)23-24-21(25)28-13-19(26)22-18-8-6-7-14(2)15(18)3/h9-12,14-15,18H,5-8,13H2,1-4H3,(H,22,26). The highest BCUT2D eigenvalue weighted by molar-refractivity contribution is 7.99. The molecule has 1 fully saturated rings. The van der Waals surface area contributed by atoms with Crippen molar-refractivity contribution in [2.75, 3.05) is 12.9 Å². The maximum Gasteiger partial charge on any atom is 0.230 e. The maximum absolute atomic E-state index is 12.5. The van der Waals surface area contributed by atoms with Crippen LogP contribution in [0.5, 0.6) is 5.75 Å². The highest BCUT2D eigenvalue weighted by Crippen LogP contribution is 2.30. The summed E-state index contributed by atoms with van der Waals surface area (Å²) in [6, 6.07) is 8.06. The van der Waals surface area contributed by atoms with Crippen LogP contribution in [0, 0.1) is 11.8 Å².